The van der Waals surface area contributed by atoms with Crippen LogP contribution in [0.25, 0.3) is 33.0 Å². The highest BCUT2D eigenvalue weighted by molar-refractivity contribution is 6.02. The molecule has 2 nitrogen and oxygen atoms in total. The third-order valence-electron chi connectivity index (χ3n) is 5.19. The summed E-state index contributed by atoms with van der Waals surface area (Å²) in [6.45, 7) is 0. The van der Waals surface area contributed by atoms with Gasteiger partial charge in [-0.05, 0) is 63.2 Å². The lowest BCUT2D eigenvalue weighted by Crippen LogP contribution is -1.96. The molecule has 0 atom stereocenters. The van der Waals surface area contributed by atoms with Gasteiger partial charge in [-0.15, -0.1) is 0 Å². The Labute approximate surface area is 146 Å². The van der Waals surface area contributed by atoms with E-state index < -0.39 is 0 Å². The summed E-state index contributed by atoms with van der Waals surface area (Å²) in [7, 11) is 0. The molecule has 5 rings (SSSR count). The maximum atomic E-state index is 6.46. The molecule has 1 aliphatic rings. The van der Waals surface area contributed by atoms with Crippen molar-refractivity contribution in [2.45, 2.75) is 6.42 Å². The molecular formula is C23H18N2. The van der Waals surface area contributed by atoms with Crippen LogP contribution < -0.4 is 11.5 Å². The first kappa shape index (κ1) is 14.1. The van der Waals surface area contributed by atoms with Gasteiger partial charge in [0.05, 0.1) is 0 Å². The summed E-state index contributed by atoms with van der Waals surface area (Å²) in [4.78, 5) is 0. The lowest BCUT2D eigenvalue weighted by atomic mass is 9.91. The quantitative estimate of drug-likeness (QED) is 0.415. The molecule has 0 amide bonds. The van der Waals surface area contributed by atoms with Gasteiger partial charge in [-0.3, -0.25) is 0 Å². The molecule has 4 N–H and O–H groups in total. The standard InChI is InChI=1S/C23H18N2/c24-16-8-9-18-15(12-16)13-21-19(18)10-11-22(25)23(21)20-7-3-5-14-4-1-2-6-17(14)20/h1-12H,13,24-25H2. The molecule has 4 aromatic rings. The Balaban J connectivity index is 1.82. The molecule has 0 aromatic heterocycles. The second-order valence-corrected chi connectivity index (χ2v) is 6.68. The Hall–Kier alpha value is -3.26. The molecule has 0 saturated carbocycles. The first-order chi connectivity index (χ1) is 12.2. The molecule has 1 aliphatic carbocycles. The zero-order chi connectivity index (χ0) is 17.0. The minimum atomic E-state index is 0.811. The molecule has 25 heavy (non-hydrogen) atoms. The number of hydrogen-bond donors (Lipinski definition) is 2. The SMILES string of the molecule is Nc1ccc2c(c1)Cc1c-2ccc(N)c1-c1cccc2ccccc12. The van der Waals surface area contributed by atoms with Crippen molar-refractivity contribution in [3.8, 4) is 22.3 Å². The highest BCUT2D eigenvalue weighted by Gasteiger charge is 2.24. The number of nitrogen functional groups attached to an aromatic ring is 2. The van der Waals surface area contributed by atoms with Crippen molar-refractivity contribution < 1.29 is 0 Å². The first-order valence-electron chi connectivity index (χ1n) is 8.50. The van der Waals surface area contributed by atoms with Crippen LogP contribution in [0.15, 0.2) is 72.8 Å². The lowest BCUT2D eigenvalue weighted by molar-refractivity contribution is 1.27. The van der Waals surface area contributed by atoms with Gasteiger partial charge in [0.25, 0.3) is 0 Å². The van der Waals surface area contributed by atoms with Gasteiger partial charge in [-0.2, -0.15) is 0 Å². The fourth-order valence-corrected chi connectivity index (χ4v) is 4.08. The molecule has 2 heteroatoms. The molecule has 0 radical (unpaired) electrons. The van der Waals surface area contributed by atoms with Gasteiger partial charge in [0.2, 0.25) is 0 Å². The molecule has 4 aromatic carbocycles. The number of nitrogens with two attached hydrogens (primary N) is 2. The Morgan fingerprint density at radius 1 is 0.680 bits per heavy atom. The third kappa shape index (κ3) is 2.04. The molecule has 0 heterocycles. The van der Waals surface area contributed by atoms with Crippen molar-refractivity contribution in [3.63, 3.8) is 0 Å². The Kier molecular flexibility index (Phi) is 2.89. The monoisotopic (exact) mass is 322 g/mol. The zero-order valence-corrected chi connectivity index (χ0v) is 13.8. The van der Waals surface area contributed by atoms with Gasteiger partial charge in [0.15, 0.2) is 0 Å². The Bertz CT molecular complexity index is 1140. The zero-order valence-electron chi connectivity index (χ0n) is 13.8. The largest absolute Gasteiger partial charge is 0.399 e. The van der Waals surface area contributed by atoms with E-state index in [9.17, 15) is 0 Å². The molecule has 0 bridgehead atoms. The molecule has 0 spiro atoms. The summed E-state index contributed by atoms with van der Waals surface area (Å²) in [6.07, 6.45) is 0.874. The van der Waals surface area contributed by atoms with E-state index >= 15 is 0 Å². The molecule has 0 aliphatic heterocycles. The summed E-state index contributed by atoms with van der Waals surface area (Å²) < 4.78 is 0. The molecule has 0 saturated heterocycles. The molecule has 120 valence electrons. The van der Waals surface area contributed by atoms with Gasteiger partial charge in [-0.25, -0.2) is 0 Å². The highest BCUT2D eigenvalue weighted by Crippen LogP contribution is 2.45. The van der Waals surface area contributed by atoms with E-state index in [-0.39, 0.29) is 0 Å². The summed E-state index contributed by atoms with van der Waals surface area (Å²) in [5, 5.41) is 2.47. The van der Waals surface area contributed by atoms with E-state index in [1.54, 1.807) is 0 Å². The second-order valence-electron chi connectivity index (χ2n) is 6.68. The Morgan fingerprint density at radius 3 is 2.40 bits per heavy atom. The van der Waals surface area contributed by atoms with Gasteiger partial charge < -0.3 is 11.5 Å². The molecule has 0 unspecified atom stereocenters. The average Bonchev–Trinajstić information content (AvgIpc) is 2.98. The maximum absolute atomic E-state index is 6.46. The normalized spacial score (nSPS) is 12.2. The van der Waals surface area contributed by atoms with Crippen molar-refractivity contribution in [1.29, 1.82) is 0 Å². The van der Waals surface area contributed by atoms with E-state index in [1.165, 1.54) is 38.6 Å². The number of benzene rings is 4. The smallest absolute Gasteiger partial charge is 0.0397 e. The van der Waals surface area contributed by atoms with Crippen molar-refractivity contribution in [1.82, 2.24) is 0 Å². The van der Waals surface area contributed by atoms with E-state index in [1.807, 2.05) is 12.1 Å². The van der Waals surface area contributed by atoms with Crippen molar-refractivity contribution >= 4 is 22.1 Å². The summed E-state index contributed by atoms with van der Waals surface area (Å²) in [6, 6.07) is 25.2. The minimum Gasteiger partial charge on any atom is -0.399 e. The highest BCUT2D eigenvalue weighted by atomic mass is 14.6. The summed E-state index contributed by atoms with van der Waals surface area (Å²) >= 11 is 0. The third-order valence-corrected chi connectivity index (χ3v) is 5.19. The minimum absolute atomic E-state index is 0.811. The number of hydrogen-bond acceptors (Lipinski definition) is 2. The van der Waals surface area contributed by atoms with Crippen LogP contribution in [0.4, 0.5) is 11.4 Å². The second kappa shape index (κ2) is 5.12. The van der Waals surface area contributed by atoms with Crippen LogP contribution in [-0.2, 0) is 6.42 Å². The van der Waals surface area contributed by atoms with E-state index in [4.69, 9.17) is 11.5 Å². The van der Waals surface area contributed by atoms with Gasteiger partial charge in [0, 0.05) is 16.9 Å². The van der Waals surface area contributed by atoms with E-state index in [2.05, 4.69) is 60.7 Å². The predicted molar refractivity (Wildman–Crippen MR) is 106 cm³/mol. The van der Waals surface area contributed by atoms with Crippen molar-refractivity contribution in [2.75, 3.05) is 11.5 Å². The Morgan fingerprint density at radius 2 is 1.48 bits per heavy atom. The van der Waals surface area contributed by atoms with Crippen LogP contribution in [-0.4, -0.2) is 0 Å². The van der Waals surface area contributed by atoms with E-state index in [0.717, 1.165) is 23.4 Å². The topological polar surface area (TPSA) is 52.0 Å². The van der Waals surface area contributed by atoms with Crippen LogP contribution in [0.3, 0.4) is 0 Å². The maximum Gasteiger partial charge on any atom is 0.0397 e. The van der Waals surface area contributed by atoms with Crippen LogP contribution in [0.2, 0.25) is 0 Å². The van der Waals surface area contributed by atoms with Gasteiger partial charge in [0.1, 0.15) is 0 Å². The van der Waals surface area contributed by atoms with Crippen LogP contribution in [0.1, 0.15) is 11.1 Å². The average molecular weight is 322 g/mol. The van der Waals surface area contributed by atoms with Crippen LogP contribution in [0, 0.1) is 0 Å². The fourth-order valence-electron chi connectivity index (χ4n) is 4.08. The number of fused-ring (bicyclic) bond motifs is 4. The molecular weight excluding hydrogens is 304 g/mol. The fraction of sp³-hybridized carbons (Fsp3) is 0.0435. The van der Waals surface area contributed by atoms with E-state index in [0.29, 0.717) is 0 Å². The van der Waals surface area contributed by atoms with Gasteiger partial charge >= 0.3 is 0 Å². The van der Waals surface area contributed by atoms with Crippen LogP contribution >= 0.6 is 0 Å². The lowest BCUT2D eigenvalue weighted by Gasteiger charge is -2.14. The van der Waals surface area contributed by atoms with Crippen LogP contribution in [0.5, 0.6) is 0 Å². The molecule has 0 fully saturated rings. The number of anilines is 2. The predicted octanol–water partition coefficient (Wildman–Crippen LogP) is 5.24. The van der Waals surface area contributed by atoms with Gasteiger partial charge in [-0.1, -0.05) is 54.6 Å². The first-order valence-corrected chi connectivity index (χ1v) is 8.50. The summed E-state index contributed by atoms with van der Waals surface area (Å²) in [5.41, 5.74) is 21.6. The summed E-state index contributed by atoms with van der Waals surface area (Å²) in [5.74, 6) is 0. The number of rotatable bonds is 1. The van der Waals surface area contributed by atoms with Crippen molar-refractivity contribution in [2.24, 2.45) is 0 Å². The van der Waals surface area contributed by atoms with Crippen molar-refractivity contribution in [3.05, 3.63) is 83.9 Å².